The highest BCUT2D eigenvalue weighted by atomic mass is 16.4. The molecule has 2 aromatic rings. The van der Waals surface area contributed by atoms with Crippen molar-refractivity contribution in [1.82, 2.24) is 9.97 Å². The van der Waals surface area contributed by atoms with E-state index in [9.17, 15) is 9.90 Å². The van der Waals surface area contributed by atoms with Gasteiger partial charge in [-0.05, 0) is 29.7 Å². The zero-order valence-electron chi connectivity index (χ0n) is 11.2. The standard InChI is InChI=1S/C15H12N4O2/c16-8-11-4-6-17-15(18-11)19-7-5-12-10(9-19)2-1-3-13(12)14(20)21/h1-4,6H,5,7,9H2,(H,20,21). The molecule has 6 nitrogen and oxygen atoms in total. The van der Waals surface area contributed by atoms with Crippen LogP contribution in [-0.4, -0.2) is 27.6 Å². The molecule has 2 heterocycles. The Labute approximate surface area is 121 Å². The van der Waals surface area contributed by atoms with Crippen LogP contribution in [0.1, 0.15) is 27.2 Å². The van der Waals surface area contributed by atoms with Crippen LogP contribution in [-0.2, 0) is 13.0 Å². The summed E-state index contributed by atoms with van der Waals surface area (Å²) in [7, 11) is 0. The molecule has 0 bridgehead atoms. The van der Waals surface area contributed by atoms with E-state index in [0.29, 0.717) is 36.7 Å². The second-order valence-corrected chi connectivity index (χ2v) is 4.77. The number of benzene rings is 1. The summed E-state index contributed by atoms with van der Waals surface area (Å²) in [5.41, 5.74) is 2.52. The zero-order chi connectivity index (χ0) is 14.8. The molecule has 1 aliphatic rings. The summed E-state index contributed by atoms with van der Waals surface area (Å²) in [5, 5.41) is 18.1. The fraction of sp³-hybridized carbons (Fsp3) is 0.200. The molecule has 6 heteroatoms. The van der Waals surface area contributed by atoms with Gasteiger partial charge in [0.25, 0.3) is 0 Å². The number of carboxylic acid groups (broad SMARTS) is 1. The molecule has 0 atom stereocenters. The first kappa shape index (κ1) is 13.1. The quantitative estimate of drug-likeness (QED) is 0.898. The lowest BCUT2D eigenvalue weighted by atomic mass is 9.95. The Kier molecular flexibility index (Phi) is 3.24. The fourth-order valence-corrected chi connectivity index (χ4v) is 2.54. The van der Waals surface area contributed by atoms with Gasteiger partial charge in [-0.2, -0.15) is 5.26 Å². The zero-order valence-corrected chi connectivity index (χ0v) is 11.2. The van der Waals surface area contributed by atoms with E-state index in [1.807, 2.05) is 17.0 Å². The average Bonchev–Trinajstić information content (AvgIpc) is 2.53. The SMILES string of the molecule is N#Cc1ccnc(N2CCc3c(cccc3C(=O)O)C2)n1. The maximum Gasteiger partial charge on any atom is 0.335 e. The van der Waals surface area contributed by atoms with Crippen LogP contribution in [0.25, 0.3) is 0 Å². The van der Waals surface area contributed by atoms with E-state index in [0.717, 1.165) is 11.1 Å². The van der Waals surface area contributed by atoms with Crippen molar-refractivity contribution in [3.05, 3.63) is 52.8 Å². The van der Waals surface area contributed by atoms with E-state index < -0.39 is 5.97 Å². The van der Waals surface area contributed by atoms with Crippen molar-refractivity contribution in [2.24, 2.45) is 0 Å². The Morgan fingerprint density at radius 2 is 2.24 bits per heavy atom. The lowest BCUT2D eigenvalue weighted by Gasteiger charge is -2.29. The highest BCUT2D eigenvalue weighted by Gasteiger charge is 2.22. The Morgan fingerprint density at radius 3 is 3.00 bits per heavy atom. The van der Waals surface area contributed by atoms with Crippen molar-refractivity contribution in [3.8, 4) is 6.07 Å². The normalized spacial score (nSPS) is 13.4. The second kappa shape index (κ2) is 5.21. The predicted molar refractivity (Wildman–Crippen MR) is 74.9 cm³/mol. The molecule has 104 valence electrons. The number of carbonyl (C=O) groups is 1. The first-order valence-electron chi connectivity index (χ1n) is 6.51. The molecule has 1 aromatic heterocycles. The van der Waals surface area contributed by atoms with E-state index in [1.165, 1.54) is 0 Å². The summed E-state index contributed by atoms with van der Waals surface area (Å²) in [6.07, 6.45) is 2.18. The van der Waals surface area contributed by atoms with Gasteiger partial charge in [0.15, 0.2) is 0 Å². The number of rotatable bonds is 2. The van der Waals surface area contributed by atoms with E-state index in [2.05, 4.69) is 9.97 Å². The molecule has 0 amide bonds. The highest BCUT2D eigenvalue weighted by Crippen LogP contribution is 2.24. The molecule has 0 radical (unpaired) electrons. The van der Waals surface area contributed by atoms with Crippen molar-refractivity contribution < 1.29 is 9.90 Å². The monoisotopic (exact) mass is 280 g/mol. The van der Waals surface area contributed by atoms with Crippen molar-refractivity contribution in [2.45, 2.75) is 13.0 Å². The van der Waals surface area contributed by atoms with Gasteiger partial charge in [0, 0.05) is 19.3 Å². The van der Waals surface area contributed by atoms with Gasteiger partial charge in [0.1, 0.15) is 11.8 Å². The summed E-state index contributed by atoms with van der Waals surface area (Å²) in [4.78, 5) is 21.6. The van der Waals surface area contributed by atoms with Gasteiger partial charge in [-0.25, -0.2) is 14.8 Å². The van der Waals surface area contributed by atoms with Gasteiger partial charge in [-0.3, -0.25) is 0 Å². The molecule has 21 heavy (non-hydrogen) atoms. The van der Waals surface area contributed by atoms with E-state index in [-0.39, 0.29) is 0 Å². The first-order valence-corrected chi connectivity index (χ1v) is 6.51. The van der Waals surface area contributed by atoms with Crippen molar-refractivity contribution in [3.63, 3.8) is 0 Å². The van der Waals surface area contributed by atoms with Crippen LogP contribution in [0.3, 0.4) is 0 Å². The number of fused-ring (bicyclic) bond motifs is 1. The first-order chi connectivity index (χ1) is 10.2. The van der Waals surface area contributed by atoms with Gasteiger partial charge in [0.2, 0.25) is 5.95 Å². The lowest BCUT2D eigenvalue weighted by Crippen LogP contribution is -2.32. The molecule has 0 aliphatic carbocycles. The van der Waals surface area contributed by atoms with E-state index in [4.69, 9.17) is 5.26 Å². The molecular formula is C15H12N4O2. The van der Waals surface area contributed by atoms with Crippen LogP contribution in [0.15, 0.2) is 30.5 Å². The minimum atomic E-state index is -0.900. The Bertz CT molecular complexity index is 752. The average molecular weight is 280 g/mol. The fourth-order valence-electron chi connectivity index (χ4n) is 2.54. The third-order valence-corrected chi connectivity index (χ3v) is 3.54. The molecule has 0 saturated heterocycles. The smallest absolute Gasteiger partial charge is 0.335 e. The number of aromatic carboxylic acids is 1. The molecule has 1 aliphatic heterocycles. The van der Waals surface area contributed by atoms with Crippen LogP contribution < -0.4 is 4.90 Å². The lowest BCUT2D eigenvalue weighted by molar-refractivity contribution is 0.0695. The van der Waals surface area contributed by atoms with Crippen molar-refractivity contribution in [1.29, 1.82) is 5.26 Å². The van der Waals surface area contributed by atoms with Crippen LogP contribution in [0.2, 0.25) is 0 Å². The number of aromatic nitrogens is 2. The minimum Gasteiger partial charge on any atom is -0.478 e. The number of nitrogens with zero attached hydrogens (tertiary/aromatic N) is 4. The number of hydrogen-bond donors (Lipinski definition) is 1. The summed E-state index contributed by atoms with van der Waals surface area (Å²) >= 11 is 0. The van der Waals surface area contributed by atoms with Crippen LogP contribution in [0.4, 0.5) is 5.95 Å². The minimum absolute atomic E-state index is 0.324. The maximum atomic E-state index is 11.2. The topological polar surface area (TPSA) is 90.1 Å². The summed E-state index contributed by atoms with van der Waals surface area (Å²) in [6, 6.07) is 8.85. The Hall–Kier alpha value is -2.94. The van der Waals surface area contributed by atoms with Gasteiger partial charge in [0.05, 0.1) is 5.56 Å². The predicted octanol–water partition coefficient (Wildman–Crippen LogP) is 1.61. The molecular weight excluding hydrogens is 268 g/mol. The Morgan fingerprint density at radius 1 is 1.38 bits per heavy atom. The van der Waals surface area contributed by atoms with Crippen LogP contribution in [0, 0.1) is 11.3 Å². The summed E-state index contributed by atoms with van der Waals surface area (Å²) in [5.74, 6) is -0.400. The molecule has 0 spiro atoms. The van der Waals surface area contributed by atoms with E-state index in [1.54, 1.807) is 24.4 Å². The molecule has 3 rings (SSSR count). The van der Waals surface area contributed by atoms with Crippen molar-refractivity contribution >= 4 is 11.9 Å². The molecule has 0 unspecified atom stereocenters. The van der Waals surface area contributed by atoms with Crippen molar-refractivity contribution in [2.75, 3.05) is 11.4 Å². The summed E-state index contributed by atoms with van der Waals surface area (Å²) in [6.45, 7) is 1.18. The van der Waals surface area contributed by atoms with Crippen LogP contribution in [0.5, 0.6) is 0 Å². The molecule has 1 aromatic carbocycles. The molecule has 0 fully saturated rings. The number of carboxylic acids is 1. The number of nitriles is 1. The number of hydrogen-bond acceptors (Lipinski definition) is 5. The third-order valence-electron chi connectivity index (χ3n) is 3.54. The van der Waals surface area contributed by atoms with Crippen LogP contribution >= 0.6 is 0 Å². The second-order valence-electron chi connectivity index (χ2n) is 4.77. The highest BCUT2D eigenvalue weighted by molar-refractivity contribution is 5.90. The molecule has 1 N–H and O–H groups in total. The largest absolute Gasteiger partial charge is 0.478 e. The van der Waals surface area contributed by atoms with E-state index >= 15 is 0 Å². The van der Waals surface area contributed by atoms with Gasteiger partial charge >= 0.3 is 5.97 Å². The summed E-state index contributed by atoms with van der Waals surface area (Å²) < 4.78 is 0. The maximum absolute atomic E-state index is 11.2. The van der Waals surface area contributed by atoms with Gasteiger partial charge in [-0.15, -0.1) is 0 Å². The third kappa shape index (κ3) is 2.41. The molecule has 0 saturated carbocycles. The van der Waals surface area contributed by atoms with Gasteiger partial charge < -0.3 is 10.0 Å². The number of anilines is 1. The Balaban J connectivity index is 1.93. The van der Waals surface area contributed by atoms with Gasteiger partial charge in [-0.1, -0.05) is 12.1 Å².